The molecule has 8 heteroatoms. The van der Waals surface area contributed by atoms with Crippen molar-refractivity contribution in [1.82, 2.24) is 24.5 Å². The number of amides is 1. The first-order valence-electron chi connectivity index (χ1n) is 8.17. The minimum atomic E-state index is -0.324. The van der Waals surface area contributed by atoms with Gasteiger partial charge in [-0.05, 0) is 36.4 Å². The highest BCUT2D eigenvalue weighted by Crippen LogP contribution is 2.23. The van der Waals surface area contributed by atoms with Crippen molar-refractivity contribution >= 4 is 23.3 Å². The van der Waals surface area contributed by atoms with Crippen LogP contribution in [0.1, 0.15) is 10.4 Å². The molecule has 0 aliphatic rings. The zero-order valence-corrected chi connectivity index (χ0v) is 15.1. The highest BCUT2D eigenvalue weighted by atomic mass is 35.5. The molecule has 0 aliphatic heterocycles. The number of hydrogen-bond acceptors (Lipinski definition) is 4. The van der Waals surface area contributed by atoms with Gasteiger partial charge in [-0.25, -0.2) is 4.68 Å². The molecule has 0 unspecified atom stereocenters. The lowest BCUT2D eigenvalue weighted by molar-refractivity contribution is 0.102. The number of hydrogen-bond donors (Lipinski definition) is 1. The maximum absolute atomic E-state index is 12.8. The second-order valence-corrected chi connectivity index (χ2v) is 6.26. The number of halogens is 1. The van der Waals surface area contributed by atoms with Gasteiger partial charge in [0.25, 0.3) is 5.91 Å². The van der Waals surface area contributed by atoms with Gasteiger partial charge in [-0.2, -0.15) is 10.2 Å². The van der Waals surface area contributed by atoms with Crippen molar-refractivity contribution in [2.45, 2.75) is 0 Å². The van der Waals surface area contributed by atoms with Crippen molar-refractivity contribution in [3.05, 3.63) is 77.8 Å². The van der Waals surface area contributed by atoms with Crippen LogP contribution in [0.25, 0.3) is 16.9 Å². The van der Waals surface area contributed by atoms with Crippen LogP contribution in [0, 0.1) is 0 Å². The van der Waals surface area contributed by atoms with Gasteiger partial charge in [-0.1, -0.05) is 11.6 Å². The molecule has 0 radical (unpaired) electrons. The molecule has 1 aromatic carbocycles. The molecule has 0 spiro atoms. The Bertz CT molecular complexity index is 1090. The number of benzene rings is 1. The van der Waals surface area contributed by atoms with Gasteiger partial charge in [0.2, 0.25) is 0 Å². The normalized spacial score (nSPS) is 10.7. The zero-order chi connectivity index (χ0) is 18.8. The Labute approximate surface area is 160 Å². The van der Waals surface area contributed by atoms with Gasteiger partial charge >= 0.3 is 0 Å². The number of nitrogens with zero attached hydrogens (tertiary/aromatic N) is 5. The lowest BCUT2D eigenvalue weighted by atomic mass is 10.2. The summed E-state index contributed by atoms with van der Waals surface area (Å²) in [5, 5.41) is 11.8. The van der Waals surface area contributed by atoms with Crippen LogP contribution in [-0.2, 0) is 7.05 Å². The van der Waals surface area contributed by atoms with Crippen LogP contribution in [0.5, 0.6) is 0 Å². The van der Waals surface area contributed by atoms with Crippen LogP contribution in [0.3, 0.4) is 0 Å². The molecule has 0 aliphatic carbocycles. The molecule has 0 saturated heterocycles. The molecule has 7 nitrogen and oxygen atoms in total. The van der Waals surface area contributed by atoms with Crippen molar-refractivity contribution in [2.24, 2.45) is 7.05 Å². The van der Waals surface area contributed by atoms with Gasteiger partial charge in [0.05, 0.1) is 22.0 Å². The second kappa shape index (κ2) is 7.05. The van der Waals surface area contributed by atoms with Gasteiger partial charge in [0.1, 0.15) is 5.82 Å². The third-order valence-electron chi connectivity index (χ3n) is 4.04. The van der Waals surface area contributed by atoms with Crippen LogP contribution in [0.2, 0.25) is 5.02 Å². The Morgan fingerprint density at radius 3 is 2.78 bits per heavy atom. The van der Waals surface area contributed by atoms with Crippen molar-refractivity contribution in [1.29, 1.82) is 0 Å². The molecule has 0 atom stereocenters. The van der Waals surface area contributed by atoms with E-state index >= 15 is 0 Å². The predicted octanol–water partition coefficient (Wildman–Crippen LogP) is 3.57. The molecular formula is C19H15ClN6O. The highest BCUT2D eigenvalue weighted by molar-refractivity contribution is 6.34. The molecule has 0 bridgehead atoms. The SMILES string of the molecule is Cn1nc(-c2cccnc2)cc1NC(=O)c1cc(-n2cccn2)ccc1Cl. The van der Waals surface area contributed by atoms with E-state index in [9.17, 15) is 4.79 Å². The number of rotatable bonds is 4. The average molecular weight is 379 g/mol. The number of nitrogens with one attached hydrogen (secondary N) is 1. The molecule has 3 aromatic heterocycles. The van der Waals surface area contributed by atoms with E-state index in [-0.39, 0.29) is 5.91 Å². The summed E-state index contributed by atoms with van der Waals surface area (Å²) < 4.78 is 3.27. The third-order valence-corrected chi connectivity index (χ3v) is 4.37. The summed E-state index contributed by atoms with van der Waals surface area (Å²) >= 11 is 6.24. The van der Waals surface area contributed by atoms with Gasteiger partial charge in [0, 0.05) is 43.5 Å². The fourth-order valence-electron chi connectivity index (χ4n) is 2.67. The van der Waals surface area contributed by atoms with Gasteiger partial charge in [-0.3, -0.25) is 14.5 Å². The first-order chi connectivity index (χ1) is 13.1. The van der Waals surface area contributed by atoms with Crippen LogP contribution < -0.4 is 5.32 Å². The first-order valence-corrected chi connectivity index (χ1v) is 8.55. The topological polar surface area (TPSA) is 77.6 Å². The summed E-state index contributed by atoms with van der Waals surface area (Å²) in [5.74, 6) is 0.231. The van der Waals surface area contributed by atoms with Crippen molar-refractivity contribution in [3.8, 4) is 16.9 Å². The van der Waals surface area contributed by atoms with E-state index in [4.69, 9.17) is 11.6 Å². The minimum Gasteiger partial charge on any atom is -0.307 e. The summed E-state index contributed by atoms with van der Waals surface area (Å²) in [6.45, 7) is 0. The van der Waals surface area contributed by atoms with E-state index in [2.05, 4.69) is 20.5 Å². The minimum absolute atomic E-state index is 0.324. The molecule has 4 aromatic rings. The molecule has 4 rings (SSSR count). The fraction of sp³-hybridized carbons (Fsp3) is 0.0526. The number of aromatic nitrogens is 5. The molecule has 3 heterocycles. The predicted molar refractivity (Wildman–Crippen MR) is 103 cm³/mol. The summed E-state index contributed by atoms with van der Waals surface area (Å²) in [5.41, 5.74) is 2.69. The monoisotopic (exact) mass is 378 g/mol. The van der Waals surface area contributed by atoms with Crippen LogP contribution in [0.4, 0.5) is 5.82 Å². The van der Waals surface area contributed by atoms with Gasteiger partial charge < -0.3 is 5.32 Å². The largest absolute Gasteiger partial charge is 0.307 e. The smallest absolute Gasteiger partial charge is 0.258 e. The Hall–Kier alpha value is -3.45. The lowest BCUT2D eigenvalue weighted by Crippen LogP contribution is -2.15. The highest BCUT2D eigenvalue weighted by Gasteiger charge is 2.15. The molecule has 0 saturated carbocycles. The van der Waals surface area contributed by atoms with E-state index in [1.807, 2.05) is 18.2 Å². The van der Waals surface area contributed by atoms with Crippen LogP contribution in [0.15, 0.2) is 67.3 Å². The summed E-state index contributed by atoms with van der Waals surface area (Å²) in [7, 11) is 1.76. The maximum Gasteiger partial charge on any atom is 0.258 e. The average Bonchev–Trinajstić information content (AvgIpc) is 3.33. The first kappa shape index (κ1) is 17.0. The molecule has 0 fully saturated rings. The zero-order valence-electron chi connectivity index (χ0n) is 14.4. The van der Waals surface area contributed by atoms with Gasteiger partial charge in [0.15, 0.2) is 0 Å². The fourth-order valence-corrected chi connectivity index (χ4v) is 2.88. The van der Waals surface area contributed by atoms with Gasteiger partial charge in [-0.15, -0.1) is 0 Å². The quantitative estimate of drug-likeness (QED) is 0.588. The summed E-state index contributed by atoms with van der Waals surface area (Å²) in [4.78, 5) is 16.9. The van der Waals surface area contributed by atoms with E-state index < -0.39 is 0 Å². The molecule has 1 N–H and O–H groups in total. The van der Waals surface area contributed by atoms with E-state index in [0.717, 1.165) is 16.9 Å². The molecule has 134 valence electrons. The lowest BCUT2D eigenvalue weighted by Gasteiger charge is -2.09. The number of carbonyl (C=O) groups excluding carboxylic acids is 1. The van der Waals surface area contributed by atoms with Crippen molar-refractivity contribution in [3.63, 3.8) is 0 Å². The van der Waals surface area contributed by atoms with E-state index in [1.54, 1.807) is 65.5 Å². The number of carbonyl (C=O) groups is 1. The van der Waals surface area contributed by atoms with Crippen LogP contribution >= 0.6 is 11.6 Å². The number of anilines is 1. The van der Waals surface area contributed by atoms with E-state index in [0.29, 0.717) is 16.4 Å². The number of pyridine rings is 1. The summed E-state index contributed by atoms with van der Waals surface area (Å²) in [6.07, 6.45) is 6.89. The Balaban J connectivity index is 1.62. The standard InChI is InChI=1S/C19H15ClN6O/c1-25-18(11-17(24-25)13-4-2-7-21-12-13)23-19(27)15-10-14(5-6-16(15)20)26-9-3-8-22-26/h2-12H,1H3,(H,23,27). The molecular weight excluding hydrogens is 364 g/mol. The second-order valence-electron chi connectivity index (χ2n) is 5.85. The van der Waals surface area contributed by atoms with Crippen molar-refractivity contribution < 1.29 is 4.79 Å². The summed E-state index contributed by atoms with van der Waals surface area (Å²) in [6, 6.07) is 12.5. The molecule has 1 amide bonds. The third kappa shape index (κ3) is 3.45. The van der Waals surface area contributed by atoms with Crippen molar-refractivity contribution in [2.75, 3.05) is 5.32 Å². The Morgan fingerprint density at radius 1 is 1.15 bits per heavy atom. The maximum atomic E-state index is 12.8. The number of aryl methyl sites for hydroxylation is 1. The Kier molecular flexibility index (Phi) is 4.43. The molecule has 27 heavy (non-hydrogen) atoms. The van der Waals surface area contributed by atoms with E-state index in [1.165, 1.54) is 0 Å². The Morgan fingerprint density at radius 2 is 2.04 bits per heavy atom. The van der Waals surface area contributed by atoms with Crippen LogP contribution in [-0.4, -0.2) is 30.5 Å².